The summed E-state index contributed by atoms with van der Waals surface area (Å²) in [6.07, 6.45) is 1.40. The minimum atomic E-state index is -0.110. The molecule has 342 valence electrons. The average Bonchev–Trinajstić information content (AvgIpc) is 3.25. The molecule has 7 aromatic rings. The first kappa shape index (κ1) is 46.5. The van der Waals surface area contributed by atoms with Crippen LogP contribution in [-0.4, -0.2) is 51.1 Å². The largest absolute Gasteiger partial charge is 0.508 e. The van der Waals surface area contributed by atoms with Gasteiger partial charge >= 0.3 is 0 Å². The number of benzene rings is 7. The summed E-state index contributed by atoms with van der Waals surface area (Å²) in [6, 6.07) is 19.9. The Labute approximate surface area is 385 Å². The van der Waals surface area contributed by atoms with E-state index in [-0.39, 0.29) is 83.2 Å². The van der Waals surface area contributed by atoms with E-state index in [9.17, 15) is 51.1 Å². The molecule has 0 aliphatic carbocycles. The fourth-order valence-corrected chi connectivity index (χ4v) is 9.37. The molecule has 0 saturated heterocycles. The van der Waals surface area contributed by atoms with Crippen molar-refractivity contribution in [3.05, 3.63) is 184 Å². The van der Waals surface area contributed by atoms with Crippen LogP contribution in [0.5, 0.6) is 57.5 Å². The number of rotatable bonds is 12. The van der Waals surface area contributed by atoms with E-state index in [0.29, 0.717) is 85.2 Å². The maximum Gasteiger partial charge on any atom is 0.126 e. The Bertz CT molecular complexity index is 2870. The first-order valence-electron chi connectivity index (χ1n) is 21.9. The van der Waals surface area contributed by atoms with Crippen molar-refractivity contribution in [1.82, 2.24) is 0 Å². The van der Waals surface area contributed by atoms with Crippen molar-refractivity contribution in [2.24, 2.45) is 0 Å². The van der Waals surface area contributed by atoms with Crippen molar-refractivity contribution < 1.29 is 51.1 Å². The summed E-state index contributed by atoms with van der Waals surface area (Å²) >= 11 is 0. The molecule has 0 fully saturated rings. The Morgan fingerprint density at radius 3 is 0.970 bits per heavy atom. The molecular weight excluding hydrogens is 833 g/mol. The molecule has 0 aromatic heterocycles. The fraction of sp³-hybridized carbons (Fsp3) is 0.250. The number of aryl methyl sites for hydroxylation is 5. The lowest BCUT2D eigenvalue weighted by atomic mass is 9.86. The second-order valence-corrected chi connectivity index (χ2v) is 18.1. The minimum absolute atomic E-state index is 0.0598. The topological polar surface area (TPSA) is 202 Å². The van der Waals surface area contributed by atoms with Gasteiger partial charge in [0.05, 0.1) is 0 Å². The molecule has 10 nitrogen and oxygen atoms in total. The molecule has 10 N–H and O–H groups in total. The summed E-state index contributed by atoms with van der Waals surface area (Å²) in [5.74, 6) is -0.0688. The molecule has 0 spiro atoms. The molecule has 7 aromatic carbocycles. The van der Waals surface area contributed by atoms with E-state index in [1.165, 1.54) is 24.3 Å². The predicted molar refractivity (Wildman–Crippen MR) is 256 cm³/mol. The van der Waals surface area contributed by atoms with Gasteiger partial charge in [0.2, 0.25) is 0 Å². The van der Waals surface area contributed by atoms with Crippen molar-refractivity contribution in [1.29, 1.82) is 0 Å². The maximum atomic E-state index is 11.9. The quantitative estimate of drug-likeness (QED) is 0.0562. The van der Waals surface area contributed by atoms with Crippen molar-refractivity contribution >= 4 is 0 Å². The van der Waals surface area contributed by atoms with Crippen molar-refractivity contribution in [2.75, 3.05) is 0 Å². The van der Waals surface area contributed by atoms with Gasteiger partial charge in [-0.25, -0.2) is 0 Å². The van der Waals surface area contributed by atoms with Crippen molar-refractivity contribution in [3.63, 3.8) is 0 Å². The zero-order valence-electron chi connectivity index (χ0n) is 38.6. The van der Waals surface area contributed by atoms with E-state index >= 15 is 0 Å². The second-order valence-electron chi connectivity index (χ2n) is 18.1. The number of hydrogen-bond acceptors (Lipinski definition) is 10. The molecule has 0 bridgehead atoms. The van der Waals surface area contributed by atoms with E-state index in [0.717, 1.165) is 38.9 Å². The summed E-state index contributed by atoms with van der Waals surface area (Å²) in [4.78, 5) is 0. The molecule has 0 amide bonds. The Morgan fingerprint density at radius 1 is 0.273 bits per heavy atom. The van der Waals surface area contributed by atoms with Gasteiger partial charge in [-0.3, -0.25) is 0 Å². The highest BCUT2D eigenvalue weighted by Gasteiger charge is 2.24. The van der Waals surface area contributed by atoms with E-state index in [1.54, 1.807) is 32.0 Å². The van der Waals surface area contributed by atoms with Gasteiger partial charge in [-0.2, -0.15) is 0 Å². The van der Waals surface area contributed by atoms with Crippen LogP contribution in [0.1, 0.15) is 111 Å². The van der Waals surface area contributed by atoms with E-state index < -0.39 is 0 Å². The maximum absolute atomic E-state index is 11.9. The summed E-state index contributed by atoms with van der Waals surface area (Å²) < 4.78 is 0. The van der Waals surface area contributed by atoms with E-state index in [2.05, 4.69) is 0 Å². The molecule has 0 radical (unpaired) electrons. The molecule has 0 aliphatic heterocycles. The van der Waals surface area contributed by atoms with Gasteiger partial charge in [0, 0.05) is 72.9 Å². The monoisotopic (exact) mass is 890 g/mol. The Balaban J connectivity index is 1.19. The number of hydrogen-bond donors (Lipinski definition) is 10. The van der Waals surface area contributed by atoms with Gasteiger partial charge in [-0.05, 0) is 157 Å². The normalized spacial score (nSPS) is 11.4. The lowest BCUT2D eigenvalue weighted by Crippen LogP contribution is -2.05. The molecule has 66 heavy (non-hydrogen) atoms. The van der Waals surface area contributed by atoms with Crippen LogP contribution in [0.3, 0.4) is 0 Å². The lowest BCUT2D eigenvalue weighted by Gasteiger charge is -2.21. The van der Waals surface area contributed by atoms with Crippen LogP contribution in [0.15, 0.2) is 72.8 Å². The third kappa shape index (κ3) is 9.09. The minimum Gasteiger partial charge on any atom is -0.508 e. The molecular formula is C56H58O10. The lowest BCUT2D eigenvalue weighted by molar-refractivity contribution is 0.433. The first-order valence-corrected chi connectivity index (χ1v) is 21.9. The highest BCUT2D eigenvalue weighted by molar-refractivity contribution is 5.61. The number of phenolic OH excluding ortho intramolecular Hbond substituents is 10. The van der Waals surface area contributed by atoms with Crippen LogP contribution in [0, 0.1) is 55.4 Å². The number of aromatic hydroxyl groups is 10. The average molecular weight is 891 g/mol. The molecule has 0 aliphatic rings. The summed E-state index contributed by atoms with van der Waals surface area (Å²) in [6.45, 7) is 14.8. The number of phenols is 10. The molecule has 0 atom stereocenters. The van der Waals surface area contributed by atoms with Crippen molar-refractivity contribution in [2.45, 2.75) is 93.9 Å². The molecule has 0 saturated carbocycles. The van der Waals surface area contributed by atoms with Crippen LogP contribution in [0.2, 0.25) is 0 Å². The smallest absolute Gasteiger partial charge is 0.126 e. The molecule has 0 unspecified atom stereocenters. The van der Waals surface area contributed by atoms with Gasteiger partial charge in [-0.15, -0.1) is 0 Å². The molecule has 0 heterocycles. The molecule has 10 heteroatoms. The summed E-state index contributed by atoms with van der Waals surface area (Å²) in [5, 5.41) is 110. The van der Waals surface area contributed by atoms with E-state index in [1.807, 2.05) is 71.9 Å². The first-order chi connectivity index (χ1) is 31.1. The fourth-order valence-electron chi connectivity index (χ4n) is 9.37. The Kier molecular flexibility index (Phi) is 12.8. The van der Waals surface area contributed by atoms with Gasteiger partial charge < -0.3 is 51.1 Å². The Hall–Kier alpha value is -7.46. The highest BCUT2D eigenvalue weighted by Crippen LogP contribution is 2.42. The van der Waals surface area contributed by atoms with Gasteiger partial charge in [0.15, 0.2) is 0 Å². The summed E-state index contributed by atoms with van der Waals surface area (Å²) in [7, 11) is 0. The summed E-state index contributed by atoms with van der Waals surface area (Å²) in [5.41, 5.74) is 13.3. The van der Waals surface area contributed by atoms with Crippen LogP contribution < -0.4 is 0 Å². The van der Waals surface area contributed by atoms with Crippen LogP contribution in [-0.2, 0) is 38.5 Å². The van der Waals surface area contributed by atoms with Crippen LogP contribution in [0.25, 0.3) is 0 Å². The van der Waals surface area contributed by atoms with Crippen LogP contribution >= 0.6 is 0 Å². The van der Waals surface area contributed by atoms with Crippen LogP contribution in [0.4, 0.5) is 0 Å². The predicted octanol–water partition coefficient (Wildman–Crippen LogP) is 10.8. The van der Waals surface area contributed by atoms with E-state index in [4.69, 9.17) is 0 Å². The van der Waals surface area contributed by atoms with Crippen molar-refractivity contribution in [3.8, 4) is 57.5 Å². The zero-order chi connectivity index (χ0) is 48.0. The molecule has 7 rings (SSSR count). The third-order valence-corrected chi connectivity index (χ3v) is 13.4. The van der Waals surface area contributed by atoms with Gasteiger partial charge in [0.25, 0.3) is 0 Å². The standard InChI is InChI=1S/C56H58O10/c1-27-13-40(19-37-15-28(2)53(63)47(32(37)6)23-38-16-29(3)51(61)45(33(38)7)21-35-9-11-43(57)25-49(35)59)55(65)41(14-27)20-42-18-31(5)54(64)48(56(42)66)24-39-17-30(4)52(62)46(34(39)8)22-36-10-12-44(58)26-50(36)60/h9-18,25-26,57-66H,19-24H2,1-8H3. The van der Waals surface area contributed by atoms with Gasteiger partial charge in [0.1, 0.15) is 57.5 Å². The Morgan fingerprint density at radius 2 is 0.576 bits per heavy atom. The third-order valence-electron chi connectivity index (χ3n) is 13.4. The SMILES string of the molecule is Cc1cc(Cc2cc(C)c(O)c(Cc3cc(C)c(O)c(Cc4ccc(O)cc4O)c3C)c2C)c(O)c(Cc2cc(C)c(O)c(Cc3cc(C)c(O)c(Cc4ccc(O)cc4O)c3C)c2O)c1. The van der Waals surface area contributed by atoms with Gasteiger partial charge in [-0.1, -0.05) is 48.0 Å². The second kappa shape index (κ2) is 18.2. The highest BCUT2D eigenvalue weighted by atomic mass is 16.3. The zero-order valence-corrected chi connectivity index (χ0v) is 38.6.